The molecule has 8 heteroatoms. The lowest BCUT2D eigenvalue weighted by molar-refractivity contribution is 0.0868. The molecule has 1 aromatic heterocycles. The van der Waals surface area contributed by atoms with E-state index in [-0.39, 0.29) is 23.4 Å². The first-order valence-electron chi connectivity index (χ1n) is 9.41. The lowest BCUT2D eigenvalue weighted by atomic mass is 10.1. The van der Waals surface area contributed by atoms with Gasteiger partial charge in [-0.15, -0.1) is 5.10 Å². The molecule has 0 amide bonds. The molecule has 4 rings (SSSR count). The summed E-state index contributed by atoms with van der Waals surface area (Å²) in [5.74, 6) is 1.28. The third kappa shape index (κ3) is 3.98. The summed E-state index contributed by atoms with van der Waals surface area (Å²) in [5.41, 5.74) is 1.63. The molecule has 1 aliphatic rings. The second kappa shape index (κ2) is 8.24. The van der Waals surface area contributed by atoms with Crippen LogP contribution in [0.15, 0.2) is 47.6 Å². The van der Waals surface area contributed by atoms with Gasteiger partial charge in [-0.1, -0.05) is 23.9 Å². The molecule has 0 N–H and O–H groups in total. The predicted molar refractivity (Wildman–Crippen MR) is 108 cm³/mol. The van der Waals surface area contributed by atoms with Gasteiger partial charge in [0.05, 0.1) is 13.2 Å². The summed E-state index contributed by atoms with van der Waals surface area (Å²) >= 11 is 1.45. The standard InChI is InChI=1S/C21H20FN3O3S/c1-3-27-16-10-7-14(11-17(16)28-4-2)20-23-21-25(24-20)19(26)12-18(29-21)13-5-8-15(22)9-6-13/h5-11,18H,3-4,12H2,1-2H3/t18-/m1/s1. The number of carbonyl (C=O) groups is 1. The van der Waals surface area contributed by atoms with E-state index in [0.717, 1.165) is 11.1 Å². The average molecular weight is 413 g/mol. The van der Waals surface area contributed by atoms with Crippen LogP contribution in [0.2, 0.25) is 0 Å². The topological polar surface area (TPSA) is 66.2 Å². The number of hydrogen-bond acceptors (Lipinski definition) is 6. The Bertz CT molecular complexity index is 1040. The van der Waals surface area contributed by atoms with Crippen LogP contribution in [-0.2, 0) is 0 Å². The average Bonchev–Trinajstić information content (AvgIpc) is 3.15. The molecule has 1 atom stereocenters. The van der Waals surface area contributed by atoms with Crippen LogP contribution in [0.1, 0.15) is 35.9 Å². The van der Waals surface area contributed by atoms with Gasteiger partial charge in [0.2, 0.25) is 0 Å². The third-order valence-corrected chi connectivity index (χ3v) is 5.66. The van der Waals surface area contributed by atoms with Gasteiger partial charge in [0.25, 0.3) is 5.91 Å². The van der Waals surface area contributed by atoms with E-state index in [1.807, 2.05) is 32.0 Å². The Morgan fingerprint density at radius 1 is 1.10 bits per heavy atom. The van der Waals surface area contributed by atoms with Gasteiger partial charge in [0.15, 0.2) is 22.5 Å². The molecule has 29 heavy (non-hydrogen) atoms. The van der Waals surface area contributed by atoms with Crippen molar-refractivity contribution in [2.24, 2.45) is 0 Å². The van der Waals surface area contributed by atoms with Crippen molar-refractivity contribution in [1.29, 1.82) is 0 Å². The Morgan fingerprint density at radius 3 is 2.55 bits per heavy atom. The molecule has 2 aromatic carbocycles. The minimum atomic E-state index is -0.299. The fraction of sp³-hybridized carbons (Fsp3) is 0.286. The van der Waals surface area contributed by atoms with Gasteiger partial charge in [-0.2, -0.15) is 4.68 Å². The summed E-state index contributed by atoms with van der Waals surface area (Å²) in [6, 6.07) is 11.7. The quantitative estimate of drug-likeness (QED) is 0.581. The number of thioether (sulfide) groups is 1. The van der Waals surface area contributed by atoms with E-state index >= 15 is 0 Å². The highest BCUT2D eigenvalue weighted by atomic mass is 32.2. The van der Waals surface area contributed by atoms with Gasteiger partial charge >= 0.3 is 0 Å². The number of fused-ring (bicyclic) bond motifs is 1. The monoisotopic (exact) mass is 413 g/mol. The third-order valence-electron chi connectivity index (χ3n) is 4.46. The number of hydrogen-bond donors (Lipinski definition) is 0. The number of carbonyl (C=O) groups excluding carboxylic acids is 1. The lowest BCUT2D eigenvalue weighted by Gasteiger charge is -2.20. The fourth-order valence-electron chi connectivity index (χ4n) is 3.13. The summed E-state index contributed by atoms with van der Waals surface area (Å²) < 4.78 is 25.8. The molecule has 0 saturated carbocycles. The summed E-state index contributed by atoms with van der Waals surface area (Å²) in [5, 5.41) is 4.81. The second-order valence-corrected chi connectivity index (χ2v) is 7.58. The molecule has 0 spiro atoms. The second-order valence-electron chi connectivity index (χ2n) is 6.41. The molecule has 150 valence electrons. The van der Waals surface area contributed by atoms with Crippen molar-refractivity contribution in [3.63, 3.8) is 0 Å². The number of ether oxygens (including phenoxy) is 2. The van der Waals surface area contributed by atoms with Crippen molar-refractivity contribution < 1.29 is 18.7 Å². The van der Waals surface area contributed by atoms with E-state index in [4.69, 9.17) is 9.47 Å². The minimum absolute atomic E-state index is 0.119. The predicted octanol–water partition coefficient (Wildman–Crippen LogP) is 4.76. The number of rotatable bonds is 6. The molecule has 0 unspecified atom stereocenters. The summed E-state index contributed by atoms with van der Waals surface area (Å²) in [6.45, 7) is 4.85. The van der Waals surface area contributed by atoms with Gasteiger partial charge in [-0.3, -0.25) is 4.79 Å². The zero-order valence-corrected chi connectivity index (χ0v) is 16.9. The molecule has 6 nitrogen and oxygen atoms in total. The van der Waals surface area contributed by atoms with E-state index in [2.05, 4.69) is 10.1 Å². The summed E-state index contributed by atoms with van der Waals surface area (Å²) in [4.78, 5) is 17.2. The van der Waals surface area contributed by atoms with Crippen molar-refractivity contribution in [3.05, 3.63) is 53.8 Å². The molecule has 0 aliphatic carbocycles. The van der Waals surface area contributed by atoms with Crippen LogP contribution in [0.3, 0.4) is 0 Å². The maximum atomic E-state index is 13.2. The van der Waals surface area contributed by atoms with Crippen LogP contribution in [0.4, 0.5) is 4.39 Å². The molecule has 3 aromatic rings. The highest BCUT2D eigenvalue weighted by Crippen LogP contribution is 2.42. The maximum absolute atomic E-state index is 13.2. The molecular formula is C21H20FN3O3S. The van der Waals surface area contributed by atoms with Crippen molar-refractivity contribution >= 4 is 17.7 Å². The van der Waals surface area contributed by atoms with Crippen LogP contribution in [0.25, 0.3) is 11.4 Å². The fourth-order valence-corrected chi connectivity index (χ4v) is 4.28. The zero-order chi connectivity index (χ0) is 20.4. The van der Waals surface area contributed by atoms with Gasteiger partial charge in [0.1, 0.15) is 5.82 Å². The number of nitrogens with zero attached hydrogens (tertiary/aromatic N) is 3. The Kier molecular flexibility index (Phi) is 5.53. The van der Waals surface area contributed by atoms with Crippen molar-refractivity contribution in [1.82, 2.24) is 14.8 Å². The van der Waals surface area contributed by atoms with Crippen LogP contribution < -0.4 is 9.47 Å². The van der Waals surface area contributed by atoms with Crippen LogP contribution >= 0.6 is 11.8 Å². The van der Waals surface area contributed by atoms with Crippen molar-refractivity contribution in [2.45, 2.75) is 30.7 Å². The summed E-state index contributed by atoms with van der Waals surface area (Å²) in [6.07, 6.45) is 0.277. The first-order chi connectivity index (χ1) is 14.1. The number of aromatic nitrogens is 3. The van der Waals surface area contributed by atoms with Crippen molar-refractivity contribution in [3.8, 4) is 22.9 Å². The maximum Gasteiger partial charge on any atom is 0.250 e. The normalized spacial score (nSPS) is 15.8. The minimum Gasteiger partial charge on any atom is -0.490 e. The number of halogens is 1. The van der Waals surface area contributed by atoms with Gasteiger partial charge in [-0.05, 0) is 49.7 Å². The first-order valence-corrected chi connectivity index (χ1v) is 10.3. The Hall–Kier alpha value is -2.87. The highest BCUT2D eigenvalue weighted by molar-refractivity contribution is 7.99. The van der Waals surface area contributed by atoms with Crippen LogP contribution in [0.5, 0.6) is 11.5 Å². The van der Waals surface area contributed by atoms with Crippen LogP contribution in [0, 0.1) is 5.82 Å². The molecule has 0 saturated heterocycles. The molecule has 1 aliphatic heterocycles. The molecular weight excluding hydrogens is 393 g/mol. The van der Waals surface area contributed by atoms with Crippen molar-refractivity contribution in [2.75, 3.05) is 13.2 Å². The molecule has 0 radical (unpaired) electrons. The van der Waals surface area contributed by atoms with Crippen LogP contribution in [-0.4, -0.2) is 33.9 Å². The van der Waals surface area contributed by atoms with Gasteiger partial charge in [-0.25, -0.2) is 9.37 Å². The molecule has 0 fully saturated rings. The Labute approximate surface area is 172 Å². The lowest BCUT2D eigenvalue weighted by Crippen LogP contribution is -2.20. The zero-order valence-electron chi connectivity index (χ0n) is 16.1. The SMILES string of the molecule is CCOc1ccc(-c2nc3n(n2)C(=O)C[C@H](c2ccc(F)cc2)S3)cc1OCC. The largest absolute Gasteiger partial charge is 0.490 e. The van der Waals surface area contributed by atoms with Gasteiger partial charge in [0, 0.05) is 17.2 Å². The first kappa shape index (κ1) is 19.4. The van der Waals surface area contributed by atoms with E-state index in [1.54, 1.807) is 12.1 Å². The molecule has 2 heterocycles. The number of benzene rings is 2. The highest BCUT2D eigenvalue weighted by Gasteiger charge is 2.30. The van der Waals surface area contributed by atoms with E-state index in [0.29, 0.717) is 35.7 Å². The molecule has 0 bridgehead atoms. The smallest absolute Gasteiger partial charge is 0.250 e. The Morgan fingerprint density at radius 2 is 1.83 bits per heavy atom. The van der Waals surface area contributed by atoms with Gasteiger partial charge < -0.3 is 9.47 Å². The van der Waals surface area contributed by atoms with E-state index in [9.17, 15) is 9.18 Å². The summed E-state index contributed by atoms with van der Waals surface area (Å²) in [7, 11) is 0. The Balaban J connectivity index is 1.64. The van der Waals surface area contributed by atoms with E-state index < -0.39 is 0 Å². The van der Waals surface area contributed by atoms with E-state index in [1.165, 1.54) is 28.6 Å².